The number of benzene rings is 3. The Morgan fingerprint density at radius 3 is 1.89 bits per heavy atom. The monoisotopic (exact) mass is 490 g/mol. The summed E-state index contributed by atoms with van der Waals surface area (Å²) in [5, 5.41) is 35.8. The maximum absolute atomic E-state index is 12.4. The van der Waals surface area contributed by atoms with Gasteiger partial charge in [0.15, 0.2) is 0 Å². The predicted octanol–water partition coefficient (Wildman–Crippen LogP) is 3.80. The van der Waals surface area contributed by atoms with Crippen LogP contribution in [-0.2, 0) is 0 Å². The first-order valence-corrected chi connectivity index (χ1v) is 10.5. The van der Waals surface area contributed by atoms with Gasteiger partial charge in [-0.2, -0.15) is 10.2 Å². The highest BCUT2D eigenvalue weighted by Gasteiger charge is 2.14. The molecule has 36 heavy (non-hydrogen) atoms. The Morgan fingerprint density at radius 2 is 1.36 bits per heavy atom. The summed E-state index contributed by atoms with van der Waals surface area (Å²) in [6.07, 6.45) is 2.72. The van der Waals surface area contributed by atoms with Crippen LogP contribution in [0.3, 0.4) is 0 Å². The summed E-state index contributed by atoms with van der Waals surface area (Å²) in [6.45, 7) is 0. The molecule has 0 saturated heterocycles. The van der Waals surface area contributed by atoms with Gasteiger partial charge in [-0.25, -0.2) is 5.43 Å². The predicted molar refractivity (Wildman–Crippen MR) is 138 cm³/mol. The number of carbonyl (C=O) groups is 1. The van der Waals surface area contributed by atoms with Gasteiger partial charge in [-0.1, -0.05) is 18.2 Å². The Morgan fingerprint density at radius 1 is 0.806 bits per heavy atom. The summed E-state index contributed by atoms with van der Waals surface area (Å²) in [4.78, 5) is 33.8. The van der Waals surface area contributed by atoms with Crippen LogP contribution in [-0.4, -0.2) is 42.3 Å². The zero-order valence-electron chi connectivity index (χ0n) is 19.3. The van der Waals surface area contributed by atoms with Crippen molar-refractivity contribution in [3.8, 4) is 0 Å². The second-order valence-corrected chi connectivity index (χ2v) is 7.22. The number of carbonyl (C=O) groups excluding carboxylic acids is 1. The summed E-state index contributed by atoms with van der Waals surface area (Å²) in [6, 6.07) is 15.6. The van der Waals surface area contributed by atoms with Crippen molar-refractivity contribution in [1.82, 2.24) is 5.43 Å². The summed E-state index contributed by atoms with van der Waals surface area (Å²) in [5.74, 6) is -0.501. The topological polar surface area (TPSA) is 176 Å². The largest absolute Gasteiger partial charge is 0.383 e. The molecule has 0 aliphatic heterocycles. The van der Waals surface area contributed by atoms with E-state index < -0.39 is 15.8 Å². The maximum atomic E-state index is 12.4. The van der Waals surface area contributed by atoms with Crippen LogP contribution >= 0.6 is 0 Å². The van der Waals surface area contributed by atoms with E-state index >= 15 is 0 Å². The number of hydrogen-bond acceptors (Lipinski definition) is 10. The Hall–Kier alpha value is -5.33. The van der Waals surface area contributed by atoms with Crippen LogP contribution in [0.5, 0.6) is 0 Å². The number of nitrogens with one attached hydrogen (secondary N) is 4. The van der Waals surface area contributed by atoms with Crippen molar-refractivity contribution in [2.45, 2.75) is 0 Å². The van der Waals surface area contributed by atoms with Crippen molar-refractivity contribution in [1.29, 1.82) is 0 Å². The van der Waals surface area contributed by atoms with Crippen molar-refractivity contribution >= 4 is 46.8 Å². The minimum atomic E-state index is -0.512. The summed E-state index contributed by atoms with van der Waals surface area (Å²) >= 11 is 0. The molecule has 0 radical (unpaired) electrons. The number of nitro groups is 2. The maximum Gasteiger partial charge on any atom is 0.292 e. The third-order valence-electron chi connectivity index (χ3n) is 4.89. The van der Waals surface area contributed by atoms with E-state index in [2.05, 4.69) is 31.7 Å². The SMILES string of the molecule is CNc1ccc(/C=N/NC(=O)c2cccc(N/N=C/c3ccc(NC)c([N+](=O)[O-])c3)c2)cc1[N+](=O)[O-]. The van der Waals surface area contributed by atoms with Gasteiger partial charge in [0, 0.05) is 42.9 Å². The zero-order chi connectivity index (χ0) is 26.1. The van der Waals surface area contributed by atoms with Crippen LogP contribution in [0.25, 0.3) is 0 Å². The summed E-state index contributed by atoms with van der Waals surface area (Å²) in [5.41, 5.74) is 7.45. The molecule has 4 N–H and O–H groups in total. The van der Waals surface area contributed by atoms with E-state index in [9.17, 15) is 25.0 Å². The highest BCUT2D eigenvalue weighted by molar-refractivity contribution is 5.96. The van der Waals surface area contributed by atoms with E-state index in [0.717, 1.165) is 0 Å². The fourth-order valence-electron chi connectivity index (χ4n) is 3.12. The number of rotatable bonds is 10. The molecule has 1 amide bonds. The number of hydrazone groups is 2. The molecule has 3 aromatic carbocycles. The lowest BCUT2D eigenvalue weighted by Gasteiger charge is -2.05. The van der Waals surface area contributed by atoms with Crippen LogP contribution in [0.15, 0.2) is 70.9 Å². The highest BCUT2D eigenvalue weighted by atomic mass is 16.6. The number of amides is 1. The lowest BCUT2D eigenvalue weighted by molar-refractivity contribution is -0.384. The van der Waals surface area contributed by atoms with Crippen molar-refractivity contribution in [3.63, 3.8) is 0 Å². The van der Waals surface area contributed by atoms with Gasteiger partial charge in [-0.3, -0.25) is 30.4 Å². The summed E-state index contributed by atoms with van der Waals surface area (Å²) in [7, 11) is 3.18. The molecule has 0 saturated carbocycles. The lowest BCUT2D eigenvalue weighted by Crippen LogP contribution is -2.17. The molecule has 184 valence electrons. The first-order valence-electron chi connectivity index (χ1n) is 10.5. The van der Waals surface area contributed by atoms with Crippen molar-refractivity contribution in [3.05, 3.63) is 97.6 Å². The van der Waals surface area contributed by atoms with Gasteiger partial charge in [-0.05, 0) is 30.3 Å². The van der Waals surface area contributed by atoms with Gasteiger partial charge in [-0.15, -0.1) is 0 Å². The zero-order valence-corrected chi connectivity index (χ0v) is 19.3. The Labute approximate surface area is 205 Å². The first kappa shape index (κ1) is 25.3. The molecule has 13 heteroatoms. The smallest absolute Gasteiger partial charge is 0.292 e. The second kappa shape index (κ2) is 11.7. The van der Waals surface area contributed by atoms with Crippen LogP contribution in [0.1, 0.15) is 21.5 Å². The van der Waals surface area contributed by atoms with E-state index in [1.54, 1.807) is 62.6 Å². The minimum Gasteiger partial charge on any atom is -0.383 e. The Bertz CT molecular complexity index is 1360. The fourth-order valence-corrected chi connectivity index (χ4v) is 3.12. The molecule has 0 unspecified atom stereocenters. The van der Waals surface area contributed by atoms with Gasteiger partial charge in [0.2, 0.25) is 0 Å². The molecular formula is C23H22N8O5. The minimum absolute atomic E-state index is 0.0757. The molecular weight excluding hydrogens is 468 g/mol. The third kappa shape index (κ3) is 6.38. The quantitative estimate of drug-likeness (QED) is 0.188. The molecule has 0 fully saturated rings. The Kier molecular flexibility index (Phi) is 8.22. The molecule has 0 atom stereocenters. The van der Waals surface area contributed by atoms with Gasteiger partial charge >= 0.3 is 0 Å². The van der Waals surface area contributed by atoms with Crippen LogP contribution in [0.2, 0.25) is 0 Å². The van der Waals surface area contributed by atoms with Crippen LogP contribution < -0.4 is 21.5 Å². The summed E-state index contributed by atoms with van der Waals surface area (Å²) < 4.78 is 0. The molecule has 3 rings (SSSR count). The molecule has 0 spiro atoms. The highest BCUT2D eigenvalue weighted by Crippen LogP contribution is 2.25. The molecule has 13 nitrogen and oxygen atoms in total. The standard InChI is InChI=1S/C23H22N8O5/c1-24-19-8-6-15(10-21(19)30(33)34)13-26-28-18-5-3-4-17(12-18)23(32)29-27-14-16-7-9-20(25-2)22(11-16)31(35)36/h3-14,24-25,28H,1-2H3,(H,29,32)/b26-13+,27-14+. The number of nitrogens with zero attached hydrogens (tertiary/aromatic N) is 4. The molecule has 0 bridgehead atoms. The van der Waals surface area contributed by atoms with E-state index in [-0.39, 0.29) is 16.9 Å². The average molecular weight is 490 g/mol. The van der Waals surface area contributed by atoms with Gasteiger partial charge < -0.3 is 10.6 Å². The van der Waals surface area contributed by atoms with E-state index in [1.807, 2.05) is 0 Å². The normalized spacial score (nSPS) is 10.8. The molecule has 3 aromatic rings. The number of hydrogen-bond donors (Lipinski definition) is 4. The van der Waals surface area contributed by atoms with E-state index in [1.165, 1.54) is 24.6 Å². The third-order valence-corrected chi connectivity index (χ3v) is 4.89. The molecule has 0 aromatic heterocycles. The van der Waals surface area contributed by atoms with Crippen molar-refractivity contribution < 1.29 is 14.6 Å². The number of nitro benzene ring substituents is 2. The molecule has 0 aliphatic carbocycles. The van der Waals surface area contributed by atoms with E-state index in [0.29, 0.717) is 28.2 Å². The second-order valence-electron chi connectivity index (χ2n) is 7.22. The molecule has 0 heterocycles. The van der Waals surface area contributed by atoms with Crippen molar-refractivity contribution in [2.24, 2.45) is 10.2 Å². The van der Waals surface area contributed by atoms with Gasteiger partial charge in [0.25, 0.3) is 17.3 Å². The van der Waals surface area contributed by atoms with Crippen LogP contribution in [0, 0.1) is 20.2 Å². The number of anilines is 3. The van der Waals surface area contributed by atoms with Gasteiger partial charge in [0.05, 0.1) is 28.0 Å². The fraction of sp³-hybridized carbons (Fsp3) is 0.0870. The van der Waals surface area contributed by atoms with Crippen LogP contribution in [0.4, 0.5) is 28.4 Å². The van der Waals surface area contributed by atoms with Gasteiger partial charge in [0.1, 0.15) is 11.4 Å². The Balaban J connectivity index is 1.64. The molecule has 0 aliphatic rings. The average Bonchev–Trinajstić information content (AvgIpc) is 2.88. The lowest BCUT2D eigenvalue weighted by atomic mass is 10.2. The van der Waals surface area contributed by atoms with Crippen molar-refractivity contribution in [2.75, 3.05) is 30.2 Å². The van der Waals surface area contributed by atoms with E-state index in [4.69, 9.17) is 0 Å². The first-order chi connectivity index (χ1) is 17.3.